The van der Waals surface area contributed by atoms with E-state index in [1.165, 1.54) is 12.1 Å². The molecule has 8 heteroatoms. The molecule has 148 valence electrons. The van der Waals surface area contributed by atoms with Crippen LogP contribution in [0.25, 0.3) is 16.7 Å². The van der Waals surface area contributed by atoms with Gasteiger partial charge in [-0.1, -0.05) is 12.4 Å². The minimum atomic E-state index is -0.492. The summed E-state index contributed by atoms with van der Waals surface area (Å²) in [6.07, 6.45) is 3.27. The molecule has 1 aliphatic heterocycles. The molecule has 1 fully saturated rings. The Morgan fingerprint density at radius 2 is 2.00 bits per heavy atom. The molecule has 1 amide bonds. The molecular formula is C20H26BFN4O2. The summed E-state index contributed by atoms with van der Waals surface area (Å²) in [6.45, 7) is 9.11. The van der Waals surface area contributed by atoms with Crippen LogP contribution in [-0.2, 0) is 10.2 Å². The van der Waals surface area contributed by atoms with Crippen molar-refractivity contribution < 1.29 is 13.9 Å². The fourth-order valence-corrected chi connectivity index (χ4v) is 4.10. The summed E-state index contributed by atoms with van der Waals surface area (Å²) in [6, 6.07) is 3.03. The third-order valence-electron chi connectivity index (χ3n) is 5.67. The van der Waals surface area contributed by atoms with Crippen molar-refractivity contribution in [3.63, 3.8) is 0 Å². The maximum atomic E-state index is 13.8. The third-order valence-corrected chi connectivity index (χ3v) is 5.67. The lowest BCUT2D eigenvalue weighted by Crippen LogP contribution is -2.45. The molecule has 4 rings (SSSR count). The number of H-pyrrole nitrogens is 1. The second-order valence-electron chi connectivity index (χ2n) is 9.09. The lowest BCUT2D eigenvalue weighted by Gasteiger charge is -2.39. The molecule has 28 heavy (non-hydrogen) atoms. The molecule has 1 aromatic carbocycles. The van der Waals surface area contributed by atoms with Gasteiger partial charge in [-0.3, -0.25) is 0 Å². The number of hydrogen-bond donors (Lipinski definition) is 1. The molecule has 3 heterocycles. The smallest absolute Gasteiger partial charge is 0.410 e. The van der Waals surface area contributed by atoms with E-state index < -0.39 is 5.60 Å². The molecule has 2 aromatic heterocycles. The van der Waals surface area contributed by atoms with Gasteiger partial charge in [0.05, 0.1) is 17.2 Å². The first-order chi connectivity index (χ1) is 13.1. The number of nitrogens with one attached hydrogen (secondary N) is 1. The van der Waals surface area contributed by atoms with E-state index >= 15 is 0 Å². The summed E-state index contributed by atoms with van der Waals surface area (Å²) in [5, 5.41) is 4.58. The van der Waals surface area contributed by atoms with Gasteiger partial charge in [0.15, 0.2) is 0 Å². The Hall–Kier alpha value is -2.51. The van der Waals surface area contributed by atoms with Crippen LogP contribution in [0, 0.1) is 5.82 Å². The van der Waals surface area contributed by atoms with Gasteiger partial charge >= 0.3 is 6.09 Å². The van der Waals surface area contributed by atoms with Crippen molar-refractivity contribution in [1.82, 2.24) is 19.5 Å². The Morgan fingerprint density at radius 3 is 2.64 bits per heavy atom. The van der Waals surface area contributed by atoms with Crippen LogP contribution in [0.15, 0.2) is 18.3 Å². The first-order valence-corrected chi connectivity index (χ1v) is 9.71. The van der Waals surface area contributed by atoms with Gasteiger partial charge < -0.3 is 14.6 Å². The second kappa shape index (κ2) is 6.25. The highest BCUT2D eigenvalue weighted by Crippen LogP contribution is 2.38. The Balaban J connectivity index is 1.62. The summed E-state index contributed by atoms with van der Waals surface area (Å²) < 4.78 is 21.2. The van der Waals surface area contributed by atoms with Crippen molar-refractivity contribution in [2.45, 2.75) is 51.6 Å². The fraction of sp³-hybridized carbons (Fsp3) is 0.500. The molecule has 1 aliphatic rings. The zero-order valence-electron chi connectivity index (χ0n) is 17.1. The standard InChI is InChI=1S/C20H26BFN4O2/c1-19(2,3)28-18(27)25-7-5-20(4,6-8-25)13-11-23-26-16-14(21)9-12(22)10-15(16)24-17(13)26/h9-11,24H,5-8,21H2,1-4H3. The molecule has 0 spiro atoms. The number of carbonyl (C=O) groups is 1. The minimum absolute atomic E-state index is 0.117. The van der Waals surface area contributed by atoms with Crippen LogP contribution in [0.4, 0.5) is 9.18 Å². The molecule has 0 bridgehead atoms. The van der Waals surface area contributed by atoms with Gasteiger partial charge in [0.1, 0.15) is 24.9 Å². The highest BCUT2D eigenvalue weighted by Gasteiger charge is 2.37. The van der Waals surface area contributed by atoms with E-state index in [1.807, 2.05) is 39.3 Å². The Bertz CT molecular complexity index is 1060. The van der Waals surface area contributed by atoms with Crippen LogP contribution in [0.3, 0.4) is 0 Å². The van der Waals surface area contributed by atoms with Gasteiger partial charge in [0.25, 0.3) is 0 Å². The number of fused-ring (bicyclic) bond motifs is 3. The van der Waals surface area contributed by atoms with E-state index in [9.17, 15) is 9.18 Å². The van der Waals surface area contributed by atoms with Crippen LogP contribution >= 0.6 is 0 Å². The quantitative estimate of drug-likeness (QED) is 0.656. The molecule has 1 N–H and O–H groups in total. The van der Waals surface area contributed by atoms with Gasteiger partial charge in [-0.05, 0) is 45.7 Å². The lowest BCUT2D eigenvalue weighted by atomic mass is 9.75. The number of amides is 1. The SMILES string of the molecule is Bc1cc(F)cc2[nH]c3c(C4(C)CCN(C(=O)OC(C)(C)C)CC4)cnn3c12. The van der Waals surface area contributed by atoms with Crippen molar-refractivity contribution in [1.29, 1.82) is 0 Å². The lowest BCUT2D eigenvalue weighted by molar-refractivity contribution is 0.0172. The van der Waals surface area contributed by atoms with Crippen LogP contribution < -0.4 is 5.46 Å². The number of halogens is 1. The number of ether oxygens (including phenoxy) is 1. The minimum Gasteiger partial charge on any atom is -0.444 e. The molecule has 0 radical (unpaired) electrons. The number of piperidine rings is 1. The number of likely N-dealkylation sites (tertiary alicyclic amines) is 1. The summed E-state index contributed by atoms with van der Waals surface area (Å²) in [5.41, 5.74) is 3.89. The van der Waals surface area contributed by atoms with Crippen LogP contribution in [0.2, 0.25) is 0 Å². The Morgan fingerprint density at radius 1 is 1.32 bits per heavy atom. The zero-order chi connectivity index (χ0) is 20.3. The molecule has 0 aliphatic carbocycles. The monoisotopic (exact) mass is 384 g/mol. The van der Waals surface area contributed by atoms with Crippen molar-refractivity contribution in [2.24, 2.45) is 0 Å². The van der Waals surface area contributed by atoms with Gasteiger partial charge in [-0.2, -0.15) is 5.10 Å². The van der Waals surface area contributed by atoms with Crippen molar-refractivity contribution in [3.05, 3.63) is 29.7 Å². The molecule has 3 aromatic rings. The van der Waals surface area contributed by atoms with Gasteiger partial charge in [-0.25, -0.2) is 13.7 Å². The van der Waals surface area contributed by atoms with E-state index in [2.05, 4.69) is 17.0 Å². The summed E-state index contributed by atoms with van der Waals surface area (Å²) >= 11 is 0. The Kier molecular flexibility index (Phi) is 4.21. The van der Waals surface area contributed by atoms with Crippen LogP contribution in [0.5, 0.6) is 0 Å². The summed E-state index contributed by atoms with van der Waals surface area (Å²) in [7, 11) is 1.89. The Labute approximate surface area is 164 Å². The number of hydrogen-bond acceptors (Lipinski definition) is 3. The number of benzene rings is 1. The van der Waals surface area contributed by atoms with Gasteiger partial charge in [0, 0.05) is 24.1 Å². The van der Waals surface area contributed by atoms with Crippen LogP contribution in [0.1, 0.15) is 46.1 Å². The summed E-state index contributed by atoms with van der Waals surface area (Å²) in [5.74, 6) is -0.257. The number of carbonyl (C=O) groups excluding carboxylic acids is 1. The highest BCUT2D eigenvalue weighted by molar-refractivity contribution is 6.38. The molecule has 1 saturated heterocycles. The first kappa shape index (κ1) is 18.8. The third kappa shape index (κ3) is 3.14. The predicted molar refractivity (Wildman–Crippen MR) is 110 cm³/mol. The molecule has 0 saturated carbocycles. The normalized spacial score (nSPS) is 17.4. The van der Waals surface area contributed by atoms with Gasteiger partial charge in [0.2, 0.25) is 0 Å². The maximum Gasteiger partial charge on any atom is 0.410 e. The molecular weight excluding hydrogens is 358 g/mol. The van der Waals surface area contributed by atoms with Crippen molar-refractivity contribution >= 4 is 36.1 Å². The highest BCUT2D eigenvalue weighted by atomic mass is 19.1. The topological polar surface area (TPSA) is 62.6 Å². The number of imidazole rings is 1. The number of aromatic amines is 1. The van der Waals surface area contributed by atoms with Crippen molar-refractivity contribution in [3.8, 4) is 0 Å². The summed E-state index contributed by atoms with van der Waals surface area (Å²) in [4.78, 5) is 17.5. The number of aromatic nitrogens is 3. The maximum absolute atomic E-state index is 13.8. The molecule has 6 nitrogen and oxygen atoms in total. The van der Waals surface area contributed by atoms with Crippen LogP contribution in [-0.4, -0.2) is 52.1 Å². The van der Waals surface area contributed by atoms with Gasteiger partial charge in [-0.15, -0.1) is 0 Å². The average molecular weight is 384 g/mol. The largest absolute Gasteiger partial charge is 0.444 e. The number of nitrogens with zero attached hydrogens (tertiary/aromatic N) is 3. The van der Waals surface area contributed by atoms with Crippen molar-refractivity contribution in [2.75, 3.05) is 13.1 Å². The predicted octanol–water partition coefficient (Wildman–Crippen LogP) is 2.50. The molecule has 0 atom stereocenters. The van der Waals surface area contributed by atoms with E-state index in [1.54, 1.807) is 4.90 Å². The zero-order valence-corrected chi connectivity index (χ0v) is 17.1. The molecule has 0 unspecified atom stereocenters. The van der Waals surface area contributed by atoms with E-state index in [0.29, 0.717) is 13.1 Å². The second-order valence-corrected chi connectivity index (χ2v) is 9.09. The average Bonchev–Trinajstić information content (AvgIpc) is 3.12. The van der Waals surface area contributed by atoms with E-state index in [-0.39, 0.29) is 17.3 Å². The first-order valence-electron chi connectivity index (χ1n) is 9.71. The van der Waals surface area contributed by atoms with E-state index in [4.69, 9.17) is 4.74 Å². The fourth-order valence-electron chi connectivity index (χ4n) is 4.10. The number of rotatable bonds is 1. The van der Waals surface area contributed by atoms with E-state index in [0.717, 1.165) is 40.5 Å².